The zero-order chi connectivity index (χ0) is 16.6. The van der Waals surface area contributed by atoms with Crippen molar-refractivity contribution in [3.63, 3.8) is 0 Å². The van der Waals surface area contributed by atoms with Gasteiger partial charge in [-0.1, -0.05) is 47.5 Å². The summed E-state index contributed by atoms with van der Waals surface area (Å²) in [5, 5.41) is 0.405. The van der Waals surface area contributed by atoms with Crippen LogP contribution in [-0.4, -0.2) is 13.1 Å². The van der Waals surface area contributed by atoms with E-state index in [1.165, 1.54) is 7.11 Å². The van der Waals surface area contributed by atoms with Gasteiger partial charge in [0.1, 0.15) is 5.58 Å². The van der Waals surface area contributed by atoms with Crippen LogP contribution in [0.1, 0.15) is 15.9 Å². The summed E-state index contributed by atoms with van der Waals surface area (Å²) < 4.78 is 10.6. The number of halogens is 1. The summed E-state index contributed by atoms with van der Waals surface area (Å²) in [4.78, 5) is 24.9. The Labute approximate surface area is 137 Å². The van der Waals surface area contributed by atoms with E-state index in [0.29, 0.717) is 11.1 Å². The van der Waals surface area contributed by atoms with E-state index in [1.807, 2.05) is 19.1 Å². The summed E-state index contributed by atoms with van der Waals surface area (Å²) in [5.74, 6) is -0.576. The minimum atomic E-state index is -0.754. The van der Waals surface area contributed by atoms with Crippen molar-refractivity contribution in [3.05, 3.63) is 68.8 Å². The number of hydrogen-bond acceptors (Lipinski definition) is 4. The highest BCUT2D eigenvalue weighted by molar-refractivity contribution is 6.35. The first-order valence-corrected chi connectivity index (χ1v) is 7.31. The minimum absolute atomic E-state index is 0.156. The van der Waals surface area contributed by atoms with E-state index < -0.39 is 11.4 Å². The van der Waals surface area contributed by atoms with Gasteiger partial charge in [-0.05, 0) is 19.1 Å². The monoisotopic (exact) mass is 328 g/mol. The molecule has 1 heterocycles. The Kier molecular flexibility index (Phi) is 3.92. The van der Waals surface area contributed by atoms with Crippen LogP contribution < -0.4 is 5.43 Å². The van der Waals surface area contributed by atoms with E-state index in [9.17, 15) is 9.59 Å². The Morgan fingerprint density at radius 3 is 2.48 bits per heavy atom. The average Bonchev–Trinajstić information content (AvgIpc) is 2.54. The van der Waals surface area contributed by atoms with Crippen molar-refractivity contribution in [1.82, 2.24) is 0 Å². The van der Waals surface area contributed by atoms with Gasteiger partial charge in [-0.3, -0.25) is 4.79 Å². The van der Waals surface area contributed by atoms with Crippen LogP contribution in [0.5, 0.6) is 0 Å². The summed E-state index contributed by atoms with van der Waals surface area (Å²) in [6.45, 7) is 1.95. The molecule has 0 amide bonds. The van der Waals surface area contributed by atoms with E-state index in [2.05, 4.69) is 0 Å². The summed E-state index contributed by atoms with van der Waals surface area (Å²) in [6, 6.07) is 12.2. The predicted octanol–water partition coefficient (Wildman–Crippen LogP) is 4.21. The highest BCUT2D eigenvalue weighted by Gasteiger charge is 2.23. The van der Waals surface area contributed by atoms with Crippen molar-refractivity contribution in [3.8, 4) is 11.3 Å². The Bertz CT molecular complexity index is 955. The van der Waals surface area contributed by atoms with Gasteiger partial charge in [-0.2, -0.15) is 0 Å². The summed E-state index contributed by atoms with van der Waals surface area (Å²) >= 11 is 6.09. The number of aryl methyl sites for hydroxylation is 1. The minimum Gasteiger partial charge on any atom is -0.465 e. The zero-order valence-corrected chi connectivity index (χ0v) is 13.3. The number of benzene rings is 2. The average molecular weight is 329 g/mol. The first-order chi connectivity index (χ1) is 11.0. The van der Waals surface area contributed by atoms with Gasteiger partial charge in [-0.15, -0.1) is 0 Å². The molecule has 2 aromatic carbocycles. The van der Waals surface area contributed by atoms with Crippen LogP contribution in [-0.2, 0) is 4.74 Å². The Morgan fingerprint density at radius 2 is 1.83 bits per heavy atom. The molecule has 0 aliphatic heterocycles. The first kappa shape index (κ1) is 15.3. The van der Waals surface area contributed by atoms with Gasteiger partial charge in [0.2, 0.25) is 5.43 Å². The maximum atomic E-state index is 12.8. The second-order valence-corrected chi connectivity index (χ2v) is 5.51. The van der Waals surface area contributed by atoms with Gasteiger partial charge < -0.3 is 9.15 Å². The van der Waals surface area contributed by atoms with E-state index in [4.69, 9.17) is 20.8 Å². The molecular weight excluding hydrogens is 316 g/mol. The second-order valence-electron chi connectivity index (χ2n) is 5.11. The lowest BCUT2D eigenvalue weighted by atomic mass is 10.0. The highest BCUT2D eigenvalue weighted by atomic mass is 35.5. The predicted molar refractivity (Wildman–Crippen MR) is 89.0 cm³/mol. The van der Waals surface area contributed by atoms with Crippen LogP contribution in [0.25, 0.3) is 22.3 Å². The van der Waals surface area contributed by atoms with E-state index >= 15 is 0 Å². The van der Waals surface area contributed by atoms with Crippen molar-refractivity contribution < 1.29 is 13.9 Å². The van der Waals surface area contributed by atoms with Gasteiger partial charge in [0.25, 0.3) is 0 Å². The fourth-order valence-electron chi connectivity index (χ4n) is 2.39. The van der Waals surface area contributed by atoms with Gasteiger partial charge >= 0.3 is 5.97 Å². The van der Waals surface area contributed by atoms with Crippen molar-refractivity contribution in [2.45, 2.75) is 6.92 Å². The molecule has 3 aromatic rings. The SMILES string of the molecule is COC(=O)c1c(-c2ccc(C)cc2)oc2cccc(Cl)c2c1=O. The largest absolute Gasteiger partial charge is 0.465 e. The Balaban J connectivity index is 2.42. The zero-order valence-electron chi connectivity index (χ0n) is 12.6. The fourth-order valence-corrected chi connectivity index (χ4v) is 2.65. The molecular formula is C18H13ClO4. The molecule has 0 unspecified atom stereocenters. The number of ether oxygens (including phenoxy) is 1. The van der Waals surface area contributed by atoms with E-state index in [1.54, 1.807) is 30.3 Å². The standard InChI is InChI=1S/C18H13ClO4/c1-10-6-8-11(9-7-10)17-15(18(21)22-2)16(20)14-12(19)4-3-5-13(14)23-17/h3-9H,1-2H3. The van der Waals surface area contributed by atoms with Crippen molar-refractivity contribution in [2.24, 2.45) is 0 Å². The van der Waals surface area contributed by atoms with Gasteiger partial charge in [-0.25, -0.2) is 4.79 Å². The lowest BCUT2D eigenvalue weighted by molar-refractivity contribution is 0.0598. The van der Waals surface area contributed by atoms with Crippen LogP contribution in [0.4, 0.5) is 0 Å². The summed E-state index contributed by atoms with van der Waals surface area (Å²) in [5.41, 5.74) is 1.34. The summed E-state index contributed by atoms with van der Waals surface area (Å²) in [7, 11) is 1.22. The molecule has 4 nitrogen and oxygen atoms in total. The molecule has 0 saturated carbocycles. The van der Waals surface area contributed by atoms with Gasteiger partial charge in [0.05, 0.1) is 17.5 Å². The van der Waals surface area contributed by atoms with Crippen molar-refractivity contribution >= 4 is 28.5 Å². The lowest BCUT2D eigenvalue weighted by Gasteiger charge is -2.09. The third-order valence-electron chi connectivity index (χ3n) is 3.57. The molecule has 0 aliphatic rings. The molecule has 0 radical (unpaired) electrons. The van der Waals surface area contributed by atoms with Crippen molar-refractivity contribution in [1.29, 1.82) is 0 Å². The second kappa shape index (κ2) is 5.89. The Hall–Kier alpha value is -2.59. The number of carbonyl (C=O) groups excluding carboxylic acids is 1. The van der Waals surface area contributed by atoms with Crippen LogP contribution in [0.3, 0.4) is 0 Å². The molecule has 3 rings (SSSR count). The normalized spacial score (nSPS) is 10.7. The lowest BCUT2D eigenvalue weighted by Crippen LogP contribution is -2.18. The quantitative estimate of drug-likeness (QED) is 0.661. The van der Waals surface area contributed by atoms with Crippen LogP contribution in [0.2, 0.25) is 5.02 Å². The number of esters is 1. The number of hydrogen-bond donors (Lipinski definition) is 0. The molecule has 1 aromatic heterocycles. The van der Waals surface area contributed by atoms with Crippen LogP contribution in [0.15, 0.2) is 51.7 Å². The van der Waals surface area contributed by atoms with Crippen molar-refractivity contribution in [2.75, 3.05) is 7.11 Å². The smallest absolute Gasteiger partial charge is 0.345 e. The molecule has 0 spiro atoms. The highest BCUT2D eigenvalue weighted by Crippen LogP contribution is 2.29. The molecule has 0 bridgehead atoms. The molecule has 0 fully saturated rings. The van der Waals surface area contributed by atoms with Crippen LogP contribution in [0, 0.1) is 6.92 Å². The Morgan fingerprint density at radius 1 is 1.13 bits per heavy atom. The molecule has 116 valence electrons. The third-order valence-corrected chi connectivity index (χ3v) is 3.89. The first-order valence-electron chi connectivity index (χ1n) is 6.93. The van der Waals surface area contributed by atoms with Gasteiger partial charge in [0.15, 0.2) is 11.3 Å². The number of fused-ring (bicyclic) bond motifs is 1. The molecule has 0 aliphatic carbocycles. The van der Waals surface area contributed by atoms with E-state index in [0.717, 1.165) is 5.56 Å². The number of methoxy groups -OCH3 is 1. The molecule has 23 heavy (non-hydrogen) atoms. The number of rotatable bonds is 2. The molecule has 0 atom stereocenters. The summed E-state index contributed by atoms with van der Waals surface area (Å²) in [6.07, 6.45) is 0. The fraction of sp³-hybridized carbons (Fsp3) is 0.111. The van der Waals surface area contributed by atoms with E-state index in [-0.39, 0.29) is 21.7 Å². The molecule has 0 N–H and O–H groups in total. The maximum absolute atomic E-state index is 12.8. The van der Waals surface area contributed by atoms with Gasteiger partial charge in [0, 0.05) is 5.56 Å². The third kappa shape index (κ3) is 2.62. The molecule has 5 heteroatoms. The number of carbonyl (C=O) groups is 1. The maximum Gasteiger partial charge on any atom is 0.345 e. The van der Waals surface area contributed by atoms with Crippen LogP contribution >= 0.6 is 11.6 Å². The molecule has 0 saturated heterocycles. The topological polar surface area (TPSA) is 56.5 Å².